The molecular weight excluding hydrogens is 160 g/mol. The summed E-state index contributed by atoms with van der Waals surface area (Å²) in [5, 5.41) is 0. The van der Waals surface area contributed by atoms with Crippen LogP contribution in [0.15, 0.2) is 12.2 Å². The molecule has 1 saturated carbocycles. The summed E-state index contributed by atoms with van der Waals surface area (Å²) in [5.41, 5.74) is 5.59. The molecule has 2 fully saturated rings. The van der Waals surface area contributed by atoms with Gasteiger partial charge in [0.15, 0.2) is 0 Å². The van der Waals surface area contributed by atoms with E-state index in [1.807, 2.05) is 0 Å². The maximum absolute atomic E-state index is 5.59. The number of likely N-dealkylation sites (tertiary alicyclic amines) is 1. The van der Waals surface area contributed by atoms with E-state index in [9.17, 15) is 0 Å². The van der Waals surface area contributed by atoms with Crippen LogP contribution in [0.3, 0.4) is 0 Å². The molecule has 0 aromatic carbocycles. The molecule has 0 amide bonds. The van der Waals surface area contributed by atoms with Crippen molar-refractivity contribution in [2.75, 3.05) is 26.2 Å². The molecule has 13 heavy (non-hydrogen) atoms. The van der Waals surface area contributed by atoms with E-state index in [2.05, 4.69) is 17.1 Å². The van der Waals surface area contributed by atoms with Crippen molar-refractivity contribution >= 4 is 0 Å². The number of fused-ring (bicyclic) bond motifs is 5. The van der Waals surface area contributed by atoms with E-state index in [-0.39, 0.29) is 0 Å². The monoisotopic (exact) mass is 178 g/mol. The third-order valence-electron chi connectivity index (χ3n) is 4.18. The minimum Gasteiger partial charge on any atom is -0.329 e. The smallest absolute Gasteiger partial charge is 0.0105 e. The maximum atomic E-state index is 5.59. The SMILES string of the molecule is NCCN1CC2C3C=CC(C3)C2C1. The van der Waals surface area contributed by atoms with E-state index in [1.165, 1.54) is 19.5 Å². The van der Waals surface area contributed by atoms with Gasteiger partial charge in [-0.2, -0.15) is 0 Å². The maximum Gasteiger partial charge on any atom is 0.0105 e. The molecule has 0 spiro atoms. The number of nitrogens with two attached hydrogens (primary N) is 1. The first-order chi connectivity index (χ1) is 6.38. The molecule has 3 rings (SSSR count). The summed E-state index contributed by atoms with van der Waals surface area (Å²) in [6.07, 6.45) is 6.36. The molecule has 0 aromatic rings. The second-order valence-corrected chi connectivity index (χ2v) is 4.82. The van der Waals surface area contributed by atoms with Gasteiger partial charge in [-0.1, -0.05) is 12.2 Å². The first-order valence-electron chi connectivity index (χ1n) is 5.49. The zero-order chi connectivity index (χ0) is 8.84. The Kier molecular flexibility index (Phi) is 1.74. The van der Waals surface area contributed by atoms with Crippen LogP contribution >= 0.6 is 0 Å². The average molecular weight is 178 g/mol. The molecule has 3 aliphatic rings. The molecule has 1 saturated heterocycles. The van der Waals surface area contributed by atoms with Crippen LogP contribution in [0.4, 0.5) is 0 Å². The van der Waals surface area contributed by atoms with Crippen molar-refractivity contribution in [3.05, 3.63) is 12.2 Å². The predicted molar refractivity (Wildman–Crippen MR) is 53.2 cm³/mol. The highest BCUT2D eigenvalue weighted by Crippen LogP contribution is 2.51. The Hall–Kier alpha value is -0.340. The number of hydrogen-bond acceptors (Lipinski definition) is 2. The van der Waals surface area contributed by atoms with Crippen molar-refractivity contribution in [2.24, 2.45) is 29.4 Å². The standard InChI is InChI=1S/C11H18N2/c12-3-4-13-6-10-8-1-2-9(5-8)11(10)7-13/h1-2,8-11H,3-7,12H2. The van der Waals surface area contributed by atoms with Gasteiger partial charge in [0.25, 0.3) is 0 Å². The zero-order valence-corrected chi connectivity index (χ0v) is 8.02. The molecule has 2 bridgehead atoms. The summed E-state index contributed by atoms with van der Waals surface area (Å²) < 4.78 is 0. The fourth-order valence-corrected chi connectivity index (χ4v) is 3.60. The molecule has 0 radical (unpaired) electrons. The van der Waals surface area contributed by atoms with E-state index in [0.29, 0.717) is 0 Å². The van der Waals surface area contributed by atoms with Crippen molar-refractivity contribution < 1.29 is 0 Å². The van der Waals surface area contributed by atoms with Crippen molar-refractivity contribution in [3.8, 4) is 0 Å². The zero-order valence-electron chi connectivity index (χ0n) is 8.02. The van der Waals surface area contributed by atoms with Crippen LogP contribution < -0.4 is 5.73 Å². The van der Waals surface area contributed by atoms with Crippen molar-refractivity contribution in [1.82, 2.24) is 4.90 Å². The van der Waals surface area contributed by atoms with Crippen molar-refractivity contribution in [2.45, 2.75) is 6.42 Å². The Bertz CT molecular complexity index is 216. The minimum absolute atomic E-state index is 0.822. The van der Waals surface area contributed by atoms with E-state index in [1.54, 1.807) is 0 Å². The summed E-state index contributed by atoms with van der Waals surface area (Å²) in [6, 6.07) is 0. The van der Waals surface area contributed by atoms with E-state index >= 15 is 0 Å². The summed E-state index contributed by atoms with van der Waals surface area (Å²) in [5.74, 6) is 3.78. The number of hydrogen-bond donors (Lipinski definition) is 1. The lowest BCUT2D eigenvalue weighted by Crippen LogP contribution is -2.28. The Morgan fingerprint density at radius 3 is 2.31 bits per heavy atom. The van der Waals surface area contributed by atoms with Gasteiger partial charge in [-0.3, -0.25) is 0 Å². The molecule has 4 atom stereocenters. The average Bonchev–Trinajstić information content (AvgIpc) is 2.72. The first-order valence-corrected chi connectivity index (χ1v) is 5.49. The minimum atomic E-state index is 0.822. The summed E-state index contributed by atoms with van der Waals surface area (Å²) in [7, 11) is 0. The highest BCUT2D eigenvalue weighted by atomic mass is 15.2. The quantitative estimate of drug-likeness (QED) is 0.631. The van der Waals surface area contributed by atoms with Crippen LogP contribution in [-0.4, -0.2) is 31.1 Å². The van der Waals surface area contributed by atoms with E-state index < -0.39 is 0 Å². The van der Waals surface area contributed by atoms with Gasteiger partial charge in [0, 0.05) is 26.2 Å². The summed E-state index contributed by atoms with van der Waals surface area (Å²) >= 11 is 0. The third-order valence-corrected chi connectivity index (χ3v) is 4.18. The molecule has 2 nitrogen and oxygen atoms in total. The van der Waals surface area contributed by atoms with Crippen LogP contribution in [-0.2, 0) is 0 Å². The molecule has 1 heterocycles. The predicted octanol–water partition coefficient (Wildman–Crippen LogP) is 0.699. The van der Waals surface area contributed by atoms with Gasteiger partial charge in [0.1, 0.15) is 0 Å². The molecule has 0 aromatic heterocycles. The molecule has 72 valence electrons. The number of rotatable bonds is 2. The highest BCUT2D eigenvalue weighted by molar-refractivity contribution is 5.16. The van der Waals surface area contributed by atoms with Crippen LogP contribution in [0.5, 0.6) is 0 Å². The largest absolute Gasteiger partial charge is 0.329 e. The lowest BCUT2D eigenvalue weighted by Gasteiger charge is -2.17. The first kappa shape index (κ1) is 8.01. The van der Waals surface area contributed by atoms with Crippen molar-refractivity contribution in [3.63, 3.8) is 0 Å². The number of nitrogens with zero attached hydrogens (tertiary/aromatic N) is 1. The van der Waals surface area contributed by atoms with Gasteiger partial charge in [-0.25, -0.2) is 0 Å². The fourth-order valence-electron chi connectivity index (χ4n) is 3.60. The highest BCUT2D eigenvalue weighted by Gasteiger charge is 2.48. The van der Waals surface area contributed by atoms with Crippen molar-refractivity contribution in [1.29, 1.82) is 0 Å². The lowest BCUT2D eigenvalue weighted by atomic mass is 9.86. The normalized spacial score (nSPS) is 47.5. The lowest BCUT2D eigenvalue weighted by molar-refractivity contribution is 0.306. The third kappa shape index (κ3) is 1.09. The van der Waals surface area contributed by atoms with Crippen LogP contribution in [0.1, 0.15) is 6.42 Å². The molecule has 4 unspecified atom stereocenters. The van der Waals surface area contributed by atoms with E-state index in [4.69, 9.17) is 5.73 Å². The molecule has 2 N–H and O–H groups in total. The Morgan fingerprint density at radius 2 is 1.77 bits per heavy atom. The van der Waals surface area contributed by atoms with Gasteiger partial charge in [-0.05, 0) is 30.1 Å². The Morgan fingerprint density at radius 1 is 1.15 bits per heavy atom. The van der Waals surface area contributed by atoms with Gasteiger partial charge >= 0.3 is 0 Å². The molecule has 2 heteroatoms. The second-order valence-electron chi connectivity index (χ2n) is 4.82. The molecule has 1 aliphatic heterocycles. The Labute approximate surface area is 79.8 Å². The van der Waals surface area contributed by atoms with E-state index in [0.717, 1.165) is 36.8 Å². The van der Waals surface area contributed by atoms with Crippen LogP contribution in [0.2, 0.25) is 0 Å². The molecular formula is C11H18N2. The number of allylic oxidation sites excluding steroid dienone is 2. The van der Waals surface area contributed by atoms with Gasteiger partial charge in [0.05, 0.1) is 0 Å². The van der Waals surface area contributed by atoms with Gasteiger partial charge in [0.2, 0.25) is 0 Å². The van der Waals surface area contributed by atoms with Crippen LogP contribution in [0, 0.1) is 23.7 Å². The second kappa shape index (κ2) is 2.82. The summed E-state index contributed by atoms with van der Waals surface area (Å²) in [6.45, 7) is 4.55. The topological polar surface area (TPSA) is 29.3 Å². The fraction of sp³-hybridized carbons (Fsp3) is 0.818. The Balaban J connectivity index is 1.72. The summed E-state index contributed by atoms with van der Waals surface area (Å²) in [4.78, 5) is 2.56. The molecule has 2 aliphatic carbocycles. The van der Waals surface area contributed by atoms with Gasteiger partial charge < -0.3 is 10.6 Å². The van der Waals surface area contributed by atoms with Crippen LogP contribution in [0.25, 0.3) is 0 Å². The van der Waals surface area contributed by atoms with Gasteiger partial charge in [-0.15, -0.1) is 0 Å².